The van der Waals surface area contributed by atoms with Gasteiger partial charge in [0.1, 0.15) is 29.9 Å². The minimum absolute atomic E-state index is 0.0379. The fraction of sp³-hybridized carbons (Fsp3) is 0.250. The zero-order chi connectivity index (χ0) is 25.2. The number of hydrogen-bond donors (Lipinski definition) is 0. The van der Waals surface area contributed by atoms with Gasteiger partial charge in [0.15, 0.2) is 5.78 Å². The Bertz CT molecular complexity index is 1410. The molecule has 180 valence electrons. The number of nitrogens with zero attached hydrogens (tertiary/aromatic N) is 5. The molecule has 0 bridgehead atoms. The lowest BCUT2D eigenvalue weighted by Gasteiger charge is -2.16. The van der Waals surface area contributed by atoms with Crippen molar-refractivity contribution in [2.45, 2.75) is 25.6 Å². The summed E-state index contributed by atoms with van der Waals surface area (Å²) in [6, 6.07) is 10.8. The van der Waals surface area contributed by atoms with Gasteiger partial charge in [-0.2, -0.15) is 23.5 Å². The largest absolute Gasteiger partial charge is 0.496 e. The minimum atomic E-state index is -4.45. The number of carbonyl (C=O) groups is 1. The van der Waals surface area contributed by atoms with E-state index in [4.69, 9.17) is 14.7 Å². The van der Waals surface area contributed by atoms with E-state index < -0.39 is 24.8 Å². The molecule has 0 unspecified atom stereocenters. The maximum absolute atomic E-state index is 12.6. The second-order valence-electron chi connectivity index (χ2n) is 7.67. The molecule has 0 saturated carbocycles. The normalized spacial score (nSPS) is 11.4. The summed E-state index contributed by atoms with van der Waals surface area (Å²) in [5, 5.41) is 13.0. The summed E-state index contributed by atoms with van der Waals surface area (Å²) in [6.45, 7) is 0.148. The summed E-state index contributed by atoms with van der Waals surface area (Å²) in [7, 11) is 2.67. The molecular formula is C24H20F3N5O3. The van der Waals surface area contributed by atoms with Crippen LogP contribution in [-0.4, -0.2) is 45.5 Å². The third-order valence-electron chi connectivity index (χ3n) is 5.43. The van der Waals surface area contributed by atoms with Crippen molar-refractivity contribution in [1.82, 2.24) is 19.3 Å². The Morgan fingerprint density at radius 1 is 1.11 bits per heavy atom. The van der Waals surface area contributed by atoms with Crippen molar-refractivity contribution >= 4 is 16.8 Å². The number of hydrogen-bond acceptors (Lipinski definition) is 6. The number of ketones is 1. The third kappa shape index (κ3) is 4.96. The van der Waals surface area contributed by atoms with E-state index in [1.54, 1.807) is 35.4 Å². The average Bonchev–Trinajstić information content (AvgIpc) is 3.48. The fourth-order valence-corrected chi connectivity index (χ4v) is 3.76. The van der Waals surface area contributed by atoms with Crippen LogP contribution in [0.2, 0.25) is 0 Å². The molecule has 0 N–H and O–H groups in total. The van der Waals surface area contributed by atoms with Crippen LogP contribution in [0.1, 0.15) is 23.2 Å². The van der Waals surface area contributed by atoms with Gasteiger partial charge in [-0.3, -0.25) is 14.0 Å². The van der Waals surface area contributed by atoms with Crippen LogP contribution in [0.4, 0.5) is 13.2 Å². The van der Waals surface area contributed by atoms with E-state index >= 15 is 0 Å². The number of methoxy groups -OCH3 is 2. The van der Waals surface area contributed by atoms with Gasteiger partial charge in [0, 0.05) is 30.3 Å². The van der Waals surface area contributed by atoms with Gasteiger partial charge < -0.3 is 9.47 Å². The van der Waals surface area contributed by atoms with E-state index in [1.165, 1.54) is 18.9 Å². The molecule has 0 spiro atoms. The van der Waals surface area contributed by atoms with E-state index in [9.17, 15) is 18.0 Å². The number of Topliss-reactive ketones (excluding diaryl/α,β-unsaturated/α-hetero) is 1. The molecule has 2 heterocycles. The number of carbonyl (C=O) groups excluding carboxylic acids is 1. The molecular weight excluding hydrogens is 463 g/mol. The van der Waals surface area contributed by atoms with Crippen LogP contribution in [0.5, 0.6) is 11.5 Å². The van der Waals surface area contributed by atoms with Gasteiger partial charge in [-0.25, -0.2) is 4.98 Å². The first-order valence-electron chi connectivity index (χ1n) is 10.5. The first kappa shape index (κ1) is 23.8. The number of alkyl halides is 3. The Hall–Kier alpha value is -4.33. The van der Waals surface area contributed by atoms with E-state index in [0.29, 0.717) is 11.2 Å². The van der Waals surface area contributed by atoms with Gasteiger partial charge >= 0.3 is 6.18 Å². The molecule has 2 aromatic carbocycles. The number of aromatic nitrogens is 4. The maximum Gasteiger partial charge on any atom is 0.389 e. The Morgan fingerprint density at radius 2 is 1.83 bits per heavy atom. The lowest BCUT2D eigenvalue weighted by molar-refractivity contribution is -0.133. The molecule has 0 aliphatic carbocycles. The van der Waals surface area contributed by atoms with Crippen LogP contribution in [0.15, 0.2) is 49.1 Å². The van der Waals surface area contributed by atoms with Gasteiger partial charge in [-0.15, -0.1) is 0 Å². The van der Waals surface area contributed by atoms with Gasteiger partial charge in [-0.1, -0.05) is 6.07 Å². The van der Waals surface area contributed by atoms with Crippen LogP contribution in [-0.2, 0) is 6.54 Å². The second kappa shape index (κ2) is 9.50. The summed E-state index contributed by atoms with van der Waals surface area (Å²) in [5.41, 5.74) is 3.65. The molecule has 0 fully saturated rings. The molecule has 35 heavy (non-hydrogen) atoms. The van der Waals surface area contributed by atoms with Crippen LogP contribution in [0.3, 0.4) is 0 Å². The Morgan fingerprint density at radius 3 is 2.46 bits per heavy atom. The third-order valence-corrected chi connectivity index (χ3v) is 5.43. The molecule has 4 aromatic rings. The lowest BCUT2D eigenvalue weighted by atomic mass is 10.0. The summed E-state index contributed by atoms with van der Waals surface area (Å²) in [5.74, 6) is -0.510. The van der Waals surface area contributed by atoms with Crippen LogP contribution >= 0.6 is 0 Å². The molecule has 8 nitrogen and oxygen atoms in total. The van der Waals surface area contributed by atoms with Crippen molar-refractivity contribution in [2.75, 3.05) is 14.2 Å². The SMILES string of the molecule is COc1cc(-n2cnc3cc(-c4cnn(CC#N)c4)ccc32)cc(OC)c1C(=O)CCC(F)(F)F. The van der Waals surface area contributed by atoms with Crippen LogP contribution < -0.4 is 9.47 Å². The smallest absolute Gasteiger partial charge is 0.389 e. The monoisotopic (exact) mass is 483 g/mol. The summed E-state index contributed by atoms with van der Waals surface area (Å²) in [4.78, 5) is 17.0. The molecule has 4 rings (SSSR count). The highest BCUT2D eigenvalue weighted by Gasteiger charge is 2.30. The van der Waals surface area contributed by atoms with Crippen molar-refractivity contribution in [3.8, 4) is 34.4 Å². The fourth-order valence-electron chi connectivity index (χ4n) is 3.76. The predicted molar refractivity (Wildman–Crippen MR) is 121 cm³/mol. The highest BCUT2D eigenvalue weighted by Crippen LogP contribution is 2.36. The molecule has 0 aliphatic heterocycles. The highest BCUT2D eigenvalue weighted by molar-refractivity contribution is 6.02. The molecule has 11 heteroatoms. The van der Waals surface area contributed by atoms with Crippen LogP contribution in [0, 0.1) is 11.3 Å². The van der Waals surface area contributed by atoms with Gasteiger partial charge in [-0.05, 0) is 17.7 Å². The molecule has 0 radical (unpaired) electrons. The van der Waals surface area contributed by atoms with Crippen molar-refractivity contribution in [1.29, 1.82) is 5.26 Å². The summed E-state index contributed by atoms with van der Waals surface area (Å²) >= 11 is 0. The Balaban J connectivity index is 1.71. The zero-order valence-corrected chi connectivity index (χ0v) is 18.8. The Labute approximate surface area is 198 Å². The van der Waals surface area contributed by atoms with Gasteiger partial charge in [0.05, 0.1) is 49.6 Å². The van der Waals surface area contributed by atoms with Crippen molar-refractivity contribution < 1.29 is 27.4 Å². The quantitative estimate of drug-likeness (QED) is 0.329. The molecule has 2 aromatic heterocycles. The number of ether oxygens (including phenoxy) is 2. The maximum atomic E-state index is 12.6. The number of nitriles is 1. The van der Waals surface area contributed by atoms with E-state index in [-0.39, 0.29) is 23.6 Å². The molecule has 0 saturated heterocycles. The number of fused-ring (bicyclic) bond motifs is 1. The predicted octanol–water partition coefficient (Wildman–Crippen LogP) is 4.95. The standard InChI is InChI=1S/C24H20F3N5O3/c1-34-21-10-17(11-22(35-2)23(21)20(33)5-6-24(25,26)27)32-14-29-18-9-15(3-4-19(18)32)16-12-30-31(13-16)8-7-28/h3-4,9-14H,5-6,8H2,1-2H3. The van der Waals surface area contributed by atoms with Gasteiger partial charge in [0.25, 0.3) is 0 Å². The first-order chi connectivity index (χ1) is 16.7. The highest BCUT2D eigenvalue weighted by atomic mass is 19.4. The zero-order valence-electron chi connectivity index (χ0n) is 18.8. The first-order valence-corrected chi connectivity index (χ1v) is 10.5. The minimum Gasteiger partial charge on any atom is -0.496 e. The average molecular weight is 483 g/mol. The Kier molecular flexibility index (Phi) is 6.46. The van der Waals surface area contributed by atoms with Crippen molar-refractivity contribution in [3.63, 3.8) is 0 Å². The van der Waals surface area contributed by atoms with Gasteiger partial charge in [0.2, 0.25) is 0 Å². The lowest BCUT2D eigenvalue weighted by Crippen LogP contribution is -2.13. The topological polar surface area (TPSA) is 95.0 Å². The molecule has 0 amide bonds. The molecule has 0 aliphatic rings. The number of benzene rings is 2. The second-order valence-corrected chi connectivity index (χ2v) is 7.67. The summed E-state index contributed by atoms with van der Waals surface area (Å²) in [6.07, 6.45) is -1.36. The van der Waals surface area contributed by atoms with E-state index in [2.05, 4.69) is 10.1 Å². The van der Waals surface area contributed by atoms with Crippen molar-refractivity contribution in [2.24, 2.45) is 0 Å². The van der Waals surface area contributed by atoms with Crippen LogP contribution in [0.25, 0.3) is 27.8 Å². The number of rotatable bonds is 8. The molecule has 0 atom stereocenters. The van der Waals surface area contributed by atoms with Crippen molar-refractivity contribution in [3.05, 3.63) is 54.6 Å². The number of halogens is 3. The van der Waals surface area contributed by atoms with E-state index in [0.717, 1.165) is 16.6 Å². The number of imidazole rings is 1. The van der Waals surface area contributed by atoms with E-state index in [1.807, 2.05) is 24.3 Å². The summed E-state index contributed by atoms with van der Waals surface area (Å²) < 4.78 is 51.9.